The number of carbonyl (C=O) groups is 1. The lowest BCUT2D eigenvalue weighted by molar-refractivity contribution is -0.189. The summed E-state index contributed by atoms with van der Waals surface area (Å²) in [4.78, 5) is 12.6. The Labute approximate surface area is 166 Å². The van der Waals surface area contributed by atoms with Crippen molar-refractivity contribution in [1.29, 1.82) is 0 Å². The summed E-state index contributed by atoms with van der Waals surface area (Å²) in [6.45, 7) is 1.57. The van der Waals surface area contributed by atoms with Gasteiger partial charge in [0.05, 0.1) is 18.8 Å². The number of aliphatic hydroxyl groups excluding tert-OH is 1. The van der Waals surface area contributed by atoms with Crippen LogP contribution in [0.15, 0.2) is 22.2 Å². The van der Waals surface area contributed by atoms with E-state index in [0.29, 0.717) is 15.6 Å². The number of rotatable bonds is 2. The molecule has 2 fully saturated rings. The van der Waals surface area contributed by atoms with Crippen LogP contribution < -0.4 is 4.74 Å². The van der Waals surface area contributed by atoms with E-state index in [9.17, 15) is 23.1 Å². The number of esters is 1. The molecule has 3 aliphatic rings. The molecule has 0 aromatic heterocycles. The van der Waals surface area contributed by atoms with Crippen molar-refractivity contribution in [2.75, 3.05) is 13.2 Å². The molecule has 4 rings (SSSR count). The maximum Gasteiger partial charge on any atom is 0.430 e. The Morgan fingerprint density at radius 3 is 2.68 bits per heavy atom. The zero-order chi connectivity index (χ0) is 20.2. The quantitative estimate of drug-likeness (QED) is 0.678. The first-order chi connectivity index (χ1) is 13.1. The molecule has 1 aromatic rings. The van der Waals surface area contributed by atoms with Gasteiger partial charge in [-0.2, -0.15) is 13.2 Å². The van der Waals surface area contributed by atoms with Gasteiger partial charge in [-0.25, -0.2) is 4.79 Å². The SMILES string of the molecule is Cc1cc(Br)cc2c1O[C@H](C(F)(F)F)C(C(=O)O[C@H]1CO[C@H]3[C@@H]1OC[C@H]3O)=C2. The van der Waals surface area contributed by atoms with E-state index in [0.717, 1.165) is 6.08 Å². The summed E-state index contributed by atoms with van der Waals surface area (Å²) in [6, 6.07) is 3.19. The van der Waals surface area contributed by atoms with Crippen LogP contribution in [-0.2, 0) is 19.0 Å². The molecular weight excluding hydrogens is 449 g/mol. The van der Waals surface area contributed by atoms with Gasteiger partial charge in [-0.15, -0.1) is 0 Å². The number of ether oxygens (including phenoxy) is 4. The van der Waals surface area contributed by atoms with Gasteiger partial charge >= 0.3 is 12.1 Å². The van der Waals surface area contributed by atoms with Crippen LogP contribution in [0.2, 0.25) is 0 Å². The van der Waals surface area contributed by atoms with Crippen molar-refractivity contribution in [1.82, 2.24) is 0 Å². The van der Waals surface area contributed by atoms with Crippen molar-refractivity contribution < 1.29 is 42.0 Å². The fourth-order valence-corrected chi connectivity index (χ4v) is 4.20. The molecule has 5 atom stereocenters. The smallest absolute Gasteiger partial charge is 0.430 e. The van der Waals surface area contributed by atoms with Crippen molar-refractivity contribution in [3.8, 4) is 5.75 Å². The molecule has 152 valence electrons. The van der Waals surface area contributed by atoms with Gasteiger partial charge in [-0.1, -0.05) is 15.9 Å². The minimum absolute atomic E-state index is 0.0149. The first kappa shape index (κ1) is 19.7. The van der Waals surface area contributed by atoms with Gasteiger partial charge in [-0.3, -0.25) is 0 Å². The van der Waals surface area contributed by atoms with Crippen LogP contribution in [-0.4, -0.2) is 61.0 Å². The number of alkyl halides is 3. The fraction of sp³-hybridized carbons (Fsp3) is 0.500. The Bertz CT molecular complexity index is 839. The lowest BCUT2D eigenvalue weighted by Crippen LogP contribution is -2.42. The molecule has 2 saturated heterocycles. The molecule has 28 heavy (non-hydrogen) atoms. The Morgan fingerprint density at radius 1 is 1.25 bits per heavy atom. The molecule has 10 heteroatoms. The summed E-state index contributed by atoms with van der Waals surface area (Å²) in [6.07, 6.45) is -9.26. The van der Waals surface area contributed by atoms with Gasteiger partial charge in [0.2, 0.25) is 6.10 Å². The van der Waals surface area contributed by atoms with Crippen molar-refractivity contribution in [3.63, 3.8) is 0 Å². The molecule has 0 amide bonds. The maximum atomic E-state index is 13.6. The van der Waals surface area contributed by atoms with Crippen LogP contribution in [0.1, 0.15) is 11.1 Å². The van der Waals surface area contributed by atoms with Crippen LogP contribution in [0.4, 0.5) is 13.2 Å². The van der Waals surface area contributed by atoms with Crippen LogP contribution in [0.25, 0.3) is 6.08 Å². The summed E-state index contributed by atoms with van der Waals surface area (Å²) in [5.41, 5.74) is 0.189. The highest BCUT2D eigenvalue weighted by atomic mass is 79.9. The molecule has 3 aliphatic heterocycles. The molecule has 0 saturated carbocycles. The van der Waals surface area contributed by atoms with Gasteiger partial charge in [0.15, 0.2) is 6.10 Å². The van der Waals surface area contributed by atoms with Crippen molar-refractivity contribution in [3.05, 3.63) is 33.3 Å². The Kier molecular flexibility index (Phi) is 4.93. The average Bonchev–Trinajstić information content (AvgIpc) is 3.16. The second-order valence-electron chi connectivity index (χ2n) is 6.89. The second kappa shape index (κ2) is 7.01. The number of aryl methyl sites for hydroxylation is 1. The highest BCUT2D eigenvalue weighted by Crippen LogP contribution is 2.41. The predicted octanol–water partition coefficient (Wildman–Crippen LogP) is 2.53. The maximum absolute atomic E-state index is 13.6. The molecule has 0 bridgehead atoms. The summed E-state index contributed by atoms with van der Waals surface area (Å²) in [5.74, 6) is -1.10. The van der Waals surface area contributed by atoms with Crippen molar-refractivity contribution >= 4 is 28.0 Å². The van der Waals surface area contributed by atoms with Gasteiger partial charge in [0.25, 0.3) is 0 Å². The number of hydrogen-bond acceptors (Lipinski definition) is 6. The fourth-order valence-electron chi connectivity index (χ4n) is 3.61. The van der Waals surface area contributed by atoms with Gasteiger partial charge in [0, 0.05) is 10.0 Å². The first-order valence-electron chi connectivity index (χ1n) is 8.52. The Hall–Kier alpha value is -1.62. The topological polar surface area (TPSA) is 74.2 Å². The van der Waals surface area contributed by atoms with E-state index in [1.165, 1.54) is 0 Å². The van der Waals surface area contributed by atoms with Gasteiger partial charge in [-0.05, 0) is 30.7 Å². The summed E-state index contributed by atoms with van der Waals surface area (Å²) >= 11 is 3.28. The normalized spacial score (nSPS) is 31.6. The zero-order valence-corrected chi connectivity index (χ0v) is 16.1. The van der Waals surface area contributed by atoms with E-state index >= 15 is 0 Å². The number of hydrogen-bond donors (Lipinski definition) is 1. The molecule has 0 spiro atoms. The molecule has 0 radical (unpaired) electrons. The van der Waals surface area contributed by atoms with E-state index in [4.69, 9.17) is 18.9 Å². The second-order valence-corrected chi connectivity index (χ2v) is 7.80. The number of aliphatic hydroxyl groups is 1. The molecular formula is C18H16BrF3O6. The molecule has 1 aromatic carbocycles. The minimum Gasteiger partial charge on any atom is -0.475 e. The Balaban J connectivity index is 1.63. The van der Waals surface area contributed by atoms with Crippen molar-refractivity contribution in [2.24, 2.45) is 0 Å². The van der Waals surface area contributed by atoms with E-state index in [-0.39, 0.29) is 19.0 Å². The molecule has 3 heterocycles. The molecule has 0 aliphatic carbocycles. The third-order valence-corrected chi connectivity index (χ3v) is 5.33. The highest BCUT2D eigenvalue weighted by molar-refractivity contribution is 9.10. The summed E-state index contributed by atoms with van der Waals surface area (Å²) < 4.78 is 62.5. The standard InChI is InChI=1S/C18H16BrF3O6/c1-7-2-9(19)3-8-4-10(16(18(20,21)22)28-13(7)8)17(24)27-12-6-26-14-11(23)5-25-15(12)14/h2-4,11-12,14-16,23H,5-6H2,1H3/t11-,12+,14-,15-,16+/m1/s1. The van der Waals surface area contributed by atoms with E-state index in [1.807, 2.05) is 0 Å². The van der Waals surface area contributed by atoms with Gasteiger partial charge < -0.3 is 24.1 Å². The lowest BCUT2D eigenvalue weighted by atomic mass is 9.99. The van der Waals surface area contributed by atoms with Gasteiger partial charge in [0.1, 0.15) is 24.1 Å². The van der Waals surface area contributed by atoms with Crippen molar-refractivity contribution in [2.45, 2.75) is 43.6 Å². The highest BCUT2D eigenvalue weighted by Gasteiger charge is 2.52. The van der Waals surface area contributed by atoms with Crippen LogP contribution in [0.3, 0.4) is 0 Å². The predicted molar refractivity (Wildman–Crippen MR) is 92.7 cm³/mol. The third-order valence-electron chi connectivity index (χ3n) is 4.87. The third kappa shape index (κ3) is 3.42. The minimum atomic E-state index is -4.81. The zero-order valence-electron chi connectivity index (χ0n) is 14.5. The lowest BCUT2D eigenvalue weighted by Gasteiger charge is -2.29. The summed E-state index contributed by atoms with van der Waals surface area (Å²) in [7, 11) is 0. The number of fused-ring (bicyclic) bond motifs is 2. The van der Waals surface area contributed by atoms with Crippen LogP contribution >= 0.6 is 15.9 Å². The van der Waals surface area contributed by atoms with Crippen LogP contribution in [0, 0.1) is 6.92 Å². The molecule has 6 nitrogen and oxygen atoms in total. The molecule has 1 N–H and O–H groups in total. The Morgan fingerprint density at radius 2 is 1.96 bits per heavy atom. The average molecular weight is 465 g/mol. The number of benzene rings is 1. The number of halogens is 4. The van der Waals surface area contributed by atoms with E-state index < -0.39 is 48.2 Å². The van der Waals surface area contributed by atoms with E-state index in [1.54, 1.807) is 19.1 Å². The van der Waals surface area contributed by atoms with E-state index in [2.05, 4.69) is 15.9 Å². The van der Waals surface area contributed by atoms with Crippen LogP contribution in [0.5, 0.6) is 5.75 Å². The monoisotopic (exact) mass is 464 g/mol. The number of carbonyl (C=O) groups excluding carboxylic acids is 1. The summed E-state index contributed by atoms with van der Waals surface area (Å²) in [5, 5.41) is 9.73. The largest absolute Gasteiger partial charge is 0.475 e. The molecule has 0 unspecified atom stereocenters. The first-order valence-corrected chi connectivity index (χ1v) is 9.32.